The molecule has 3 heteroatoms. The zero-order chi connectivity index (χ0) is 18.6. The van der Waals surface area contributed by atoms with Crippen molar-refractivity contribution in [2.24, 2.45) is 0 Å². The number of ether oxygens (including phenoxy) is 1. The van der Waals surface area contributed by atoms with E-state index in [0.717, 1.165) is 39.7 Å². The van der Waals surface area contributed by atoms with Crippen molar-refractivity contribution in [3.8, 4) is 16.9 Å². The van der Waals surface area contributed by atoms with Gasteiger partial charge in [-0.3, -0.25) is 4.98 Å². The van der Waals surface area contributed by atoms with Crippen LogP contribution >= 0.6 is 0 Å². The van der Waals surface area contributed by atoms with Crippen molar-refractivity contribution in [3.05, 3.63) is 109 Å². The Morgan fingerprint density at radius 1 is 0.926 bits per heavy atom. The summed E-state index contributed by atoms with van der Waals surface area (Å²) in [6.45, 7) is 5.99. The summed E-state index contributed by atoms with van der Waals surface area (Å²) in [6.07, 6.45) is 9.39. The van der Waals surface area contributed by atoms with Crippen molar-refractivity contribution >= 4 is 11.4 Å². The Bertz CT molecular complexity index is 1020. The molecular weight excluding hydrogens is 332 g/mol. The zero-order valence-corrected chi connectivity index (χ0v) is 15.2. The van der Waals surface area contributed by atoms with Crippen LogP contribution in [0.2, 0.25) is 0 Å². The maximum Gasteiger partial charge on any atom is 0.151 e. The second kappa shape index (κ2) is 7.34. The molecule has 0 saturated carbocycles. The van der Waals surface area contributed by atoms with Crippen molar-refractivity contribution < 1.29 is 4.74 Å². The number of nitrogens with zero attached hydrogens (tertiary/aromatic N) is 2. The van der Waals surface area contributed by atoms with Crippen LogP contribution in [-0.4, -0.2) is 4.98 Å². The van der Waals surface area contributed by atoms with E-state index in [1.807, 2.05) is 67.9 Å². The van der Waals surface area contributed by atoms with Gasteiger partial charge in [0.05, 0.1) is 11.4 Å². The lowest BCUT2D eigenvalue weighted by Gasteiger charge is -2.33. The van der Waals surface area contributed by atoms with Gasteiger partial charge in [-0.05, 0) is 66.6 Å². The number of fused-ring (bicyclic) bond motifs is 1. The van der Waals surface area contributed by atoms with Gasteiger partial charge in [0.2, 0.25) is 0 Å². The summed E-state index contributed by atoms with van der Waals surface area (Å²) >= 11 is 0. The van der Waals surface area contributed by atoms with Gasteiger partial charge in [0.15, 0.2) is 11.5 Å². The monoisotopic (exact) mass is 352 g/mol. The fourth-order valence-corrected chi connectivity index (χ4v) is 3.23. The third-order valence-electron chi connectivity index (χ3n) is 4.47. The van der Waals surface area contributed by atoms with Crippen LogP contribution in [-0.2, 0) is 0 Å². The minimum Gasteiger partial charge on any atom is -0.453 e. The number of rotatable bonds is 4. The van der Waals surface area contributed by atoms with Gasteiger partial charge in [-0.1, -0.05) is 36.9 Å². The fraction of sp³-hybridized carbons (Fsp3) is 0.0417. The van der Waals surface area contributed by atoms with Crippen LogP contribution in [0.5, 0.6) is 5.75 Å². The molecule has 3 nitrogen and oxygen atoms in total. The van der Waals surface area contributed by atoms with Crippen LogP contribution in [0.4, 0.5) is 11.4 Å². The second-order valence-corrected chi connectivity index (χ2v) is 6.14. The quantitative estimate of drug-likeness (QED) is 0.555. The zero-order valence-electron chi connectivity index (χ0n) is 15.2. The van der Waals surface area contributed by atoms with Gasteiger partial charge in [0.25, 0.3) is 0 Å². The highest BCUT2D eigenvalue weighted by Crippen LogP contribution is 2.43. The molecule has 27 heavy (non-hydrogen) atoms. The number of hydrogen-bond acceptors (Lipinski definition) is 3. The van der Waals surface area contributed by atoms with E-state index in [1.165, 1.54) is 0 Å². The second-order valence-electron chi connectivity index (χ2n) is 6.14. The maximum absolute atomic E-state index is 6.09. The van der Waals surface area contributed by atoms with Gasteiger partial charge >= 0.3 is 0 Å². The normalized spacial score (nSPS) is 13.4. The number of para-hydroxylation sites is 2. The van der Waals surface area contributed by atoms with Crippen molar-refractivity contribution in [1.82, 2.24) is 4.98 Å². The first-order chi connectivity index (χ1) is 13.3. The maximum atomic E-state index is 6.09. The van der Waals surface area contributed by atoms with Crippen molar-refractivity contribution in [2.75, 3.05) is 4.90 Å². The van der Waals surface area contributed by atoms with Crippen molar-refractivity contribution in [3.63, 3.8) is 0 Å². The lowest BCUT2D eigenvalue weighted by molar-refractivity contribution is 0.431. The first-order valence-electron chi connectivity index (χ1n) is 8.88. The van der Waals surface area contributed by atoms with E-state index in [2.05, 4.69) is 46.8 Å². The van der Waals surface area contributed by atoms with Crippen LogP contribution in [0, 0.1) is 0 Å². The molecule has 0 saturated heterocycles. The molecule has 1 aromatic heterocycles. The van der Waals surface area contributed by atoms with Crippen LogP contribution in [0.15, 0.2) is 109 Å². The Hall–Kier alpha value is -3.59. The SMILES string of the molecule is C=CC1=C(/C=C\C)Oc2ccccc2N1c1ccc(-c2ccncc2)cc1. The molecule has 0 unspecified atom stereocenters. The molecule has 1 aliphatic rings. The summed E-state index contributed by atoms with van der Waals surface area (Å²) in [5.41, 5.74) is 5.27. The van der Waals surface area contributed by atoms with Crippen LogP contribution in [0.25, 0.3) is 11.1 Å². The summed E-state index contributed by atoms with van der Waals surface area (Å²) in [5, 5.41) is 0. The number of anilines is 2. The molecule has 132 valence electrons. The first-order valence-corrected chi connectivity index (χ1v) is 8.88. The smallest absolute Gasteiger partial charge is 0.151 e. The largest absolute Gasteiger partial charge is 0.453 e. The Labute approximate surface area is 159 Å². The van der Waals surface area contributed by atoms with Gasteiger partial charge in [-0.2, -0.15) is 0 Å². The summed E-state index contributed by atoms with van der Waals surface area (Å²) in [7, 11) is 0. The predicted molar refractivity (Wildman–Crippen MR) is 111 cm³/mol. The van der Waals surface area contributed by atoms with E-state index in [4.69, 9.17) is 4.74 Å². The van der Waals surface area contributed by atoms with Gasteiger partial charge < -0.3 is 9.64 Å². The van der Waals surface area contributed by atoms with E-state index in [9.17, 15) is 0 Å². The Kier molecular flexibility index (Phi) is 4.58. The molecule has 3 aromatic rings. The highest BCUT2D eigenvalue weighted by molar-refractivity contribution is 5.79. The lowest BCUT2D eigenvalue weighted by atomic mass is 10.1. The Morgan fingerprint density at radius 3 is 2.33 bits per heavy atom. The molecule has 4 rings (SSSR count). The highest BCUT2D eigenvalue weighted by Gasteiger charge is 2.25. The van der Waals surface area contributed by atoms with E-state index in [0.29, 0.717) is 0 Å². The molecule has 2 heterocycles. The minimum atomic E-state index is 0.782. The average molecular weight is 352 g/mol. The standard InChI is InChI=1S/C24H20N2O/c1-3-7-23-21(4-2)26(22-8-5-6-9-24(22)27-23)20-12-10-18(11-13-20)19-14-16-25-17-15-19/h3-17H,2H2,1H3/b7-3-. The molecule has 1 aliphatic heterocycles. The topological polar surface area (TPSA) is 25.4 Å². The summed E-state index contributed by atoms with van der Waals surface area (Å²) in [4.78, 5) is 6.27. The average Bonchev–Trinajstić information content (AvgIpc) is 2.74. The molecule has 0 aliphatic carbocycles. The van der Waals surface area contributed by atoms with E-state index < -0.39 is 0 Å². The summed E-state index contributed by atoms with van der Waals surface area (Å²) in [6, 6.07) is 20.5. The number of benzene rings is 2. The molecule has 0 amide bonds. The molecule has 0 N–H and O–H groups in total. The number of pyridine rings is 1. The van der Waals surface area contributed by atoms with Gasteiger partial charge in [-0.25, -0.2) is 0 Å². The Balaban J connectivity index is 1.82. The summed E-state index contributed by atoms with van der Waals surface area (Å²) < 4.78 is 6.09. The molecule has 0 atom stereocenters. The molecule has 0 fully saturated rings. The van der Waals surface area contributed by atoms with Gasteiger partial charge in [0, 0.05) is 18.1 Å². The van der Waals surface area contributed by atoms with E-state index >= 15 is 0 Å². The lowest BCUT2D eigenvalue weighted by Crippen LogP contribution is -2.23. The third-order valence-corrected chi connectivity index (χ3v) is 4.47. The third kappa shape index (κ3) is 3.15. The minimum absolute atomic E-state index is 0.782. The van der Waals surface area contributed by atoms with E-state index in [-0.39, 0.29) is 0 Å². The summed E-state index contributed by atoms with van der Waals surface area (Å²) in [5.74, 6) is 1.61. The first kappa shape index (κ1) is 16.9. The van der Waals surface area contributed by atoms with Crippen LogP contribution in [0.3, 0.4) is 0 Å². The molecule has 2 aromatic carbocycles. The molecular formula is C24H20N2O. The molecule has 0 radical (unpaired) electrons. The van der Waals surface area contributed by atoms with E-state index in [1.54, 1.807) is 0 Å². The number of aromatic nitrogens is 1. The van der Waals surface area contributed by atoms with Crippen LogP contribution in [0.1, 0.15) is 6.92 Å². The predicted octanol–water partition coefficient (Wildman–Crippen LogP) is 6.25. The highest BCUT2D eigenvalue weighted by atomic mass is 16.5. The number of hydrogen-bond donors (Lipinski definition) is 0. The fourth-order valence-electron chi connectivity index (χ4n) is 3.23. The van der Waals surface area contributed by atoms with Crippen molar-refractivity contribution in [2.45, 2.75) is 6.92 Å². The Morgan fingerprint density at radius 2 is 1.63 bits per heavy atom. The number of allylic oxidation sites excluding steroid dienone is 3. The molecule has 0 bridgehead atoms. The van der Waals surface area contributed by atoms with Gasteiger partial charge in [0.1, 0.15) is 0 Å². The molecule has 0 spiro atoms. The van der Waals surface area contributed by atoms with Crippen LogP contribution < -0.4 is 9.64 Å². The van der Waals surface area contributed by atoms with Gasteiger partial charge in [-0.15, -0.1) is 0 Å². The van der Waals surface area contributed by atoms with Crippen molar-refractivity contribution in [1.29, 1.82) is 0 Å².